The highest BCUT2D eigenvalue weighted by molar-refractivity contribution is 7.99. The van der Waals surface area contributed by atoms with Gasteiger partial charge in [-0.3, -0.25) is 10.1 Å². The Hall–Kier alpha value is -3.68. The number of hydrogen-bond donors (Lipinski definition) is 2. The minimum atomic E-state index is -3.68. The van der Waals surface area contributed by atoms with E-state index in [1.165, 1.54) is 42.1 Å². The number of non-ortho nitro benzene ring substituents is 1. The number of aryl methyl sites for hydroxylation is 1. The standard InChI is InChI=1S/C28H33N3O8S2/c1-5-38-27(32)24-19(4)30-23(17-40-15-14-29-41(36,37)22-12-10-18(3)11-13-22)26(28(33)39-6-2)25(24)20-8-7-9-21(16-20)31(34)35/h7-13,16,25,29-30H,5-6,14-15,17H2,1-4H3. The van der Waals surface area contributed by atoms with Crippen molar-refractivity contribution in [2.45, 2.75) is 38.5 Å². The number of benzene rings is 2. The number of dihydropyridines is 1. The summed E-state index contributed by atoms with van der Waals surface area (Å²) in [7, 11) is -3.68. The monoisotopic (exact) mass is 603 g/mol. The first kappa shape index (κ1) is 31.8. The third-order valence-corrected chi connectivity index (χ3v) is 8.63. The Morgan fingerprint density at radius 1 is 1.02 bits per heavy atom. The third kappa shape index (κ3) is 7.96. The highest BCUT2D eigenvalue weighted by Gasteiger charge is 2.39. The van der Waals surface area contributed by atoms with Gasteiger partial charge in [0.05, 0.1) is 40.1 Å². The molecule has 0 saturated carbocycles. The molecule has 2 N–H and O–H groups in total. The molecule has 1 unspecified atom stereocenters. The molecule has 0 aliphatic carbocycles. The van der Waals surface area contributed by atoms with E-state index in [-0.39, 0.29) is 47.2 Å². The molecule has 0 fully saturated rings. The van der Waals surface area contributed by atoms with Crippen LogP contribution in [-0.4, -0.2) is 56.5 Å². The zero-order valence-electron chi connectivity index (χ0n) is 23.3. The number of nitrogens with zero attached hydrogens (tertiary/aromatic N) is 1. The first-order valence-corrected chi connectivity index (χ1v) is 15.6. The van der Waals surface area contributed by atoms with Gasteiger partial charge in [0, 0.05) is 41.6 Å². The molecule has 13 heteroatoms. The summed E-state index contributed by atoms with van der Waals surface area (Å²) in [5.74, 6) is -1.69. The molecule has 220 valence electrons. The average molecular weight is 604 g/mol. The lowest BCUT2D eigenvalue weighted by Gasteiger charge is -2.31. The predicted octanol–water partition coefficient (Wildman–Crippen LogP) is 3.96. The first-order valence-electron chi connectivity index (χ1n) is 12.9. The molecular weight excluding hydrogens is 570 g/mol. The fourth-order valence-corrected chi connectivity index (χ4v) is 6.30. The van der Waals surface area contributed by atoms with Gasteiger partial charge in [0.2, 0.25) is 10.0 Å². The summed E-state index contributed by atoms with van der Waals surface area (Å²) >= 11 is 1.36. The minimum absolute atomic E-state index is 0.0721. The van der Waals surface area contributed by atoms with Crippen molar-refractivity contribution in [1.29, 1.82) is 0 Å². The Bertz CT molecular complexity index is 1470. The molecule has 41 heavy (non-hydrogen) atoms. The van der Waals surface area contributed by atoms with Crippen LogP contribution in [0.5, 0.6) is 0 Å². The molecule has 11 nitrogen and oxygen atoms in total. The zero-order chi connectivity index (χ0) is 30.2. The Kier molecular flexibility index (Phi) is 11.1. The van der Waals surface area contributed by atoms with Gasteiger partial charge in [0.25, 0.3) is 5.69 Å². The topological polar surface area (TPSA) is 154 Å². The van der Waals surface area contributed by atoms with Crippen LogP contribution in [0.3, 0.4) is 0 Å². The molecule has 0 bridgehead atoms. The third-order valence-electron chi connectivity index (χ3n) is 6.17. The second kappa shape index (κ2) is 14.3. The van der Waals surface area contributed by atoms with Gasteiger partial charge in [0.15, 0.2) is 0 Å². The Morgan fingerprint density at radius 3 is 2.27 bits per heavy atom. The Labute approximate surface area is 243 Å². The molecule has 0 aromatic heterocycles. The number of nitro benzene ring substituents is 1. The predicted molar refractivity (Wildman–Crippen MR) is 156 cm³/mol. The van der Waals surface area contributed by atoms with Crippen molar-refractivity contribution in [2.75, 3.05) is 31.3 Å². The number of nitro groups is 1. The lowest BCUT2D eigenvalue weighted by atomic mass is 9.80. The summed E-state index contributed by atoms with van der Waals surface area (Å²) in [6.07, 6.45) is 0. The van der Waals surface area contributed by atoms with Gasteiger partial charge >= 0.3 is 11.9 Å². The van der Waals surface area contributed by atoms with Gasteiger partial charge in [-0.05, 0) is 45.4 Å². The molecule has 0 amide bonds. The van der Waals surface area contributed by atoms with Crippen LogP contribution in [-0.2, 0) is 29.1 Å². The number of carbonyl (C=O) groups excluding carboxylic acids is 2. The van der Waals surface area contributed by atoms with Crippen LogP contribution >= 0.6 is 11.8 Å². The number of hydrogen-bond acceptors (Lipinski definition) is 10. The number of allylic oxidation sites excluding steroid dienone is 1. The molecule has 0 radical (unpaired) electrons. The van der Waals surface area contributed by atoms with Crippen molar-refractivity contribution < 1.29 is 32.4 Å². The van der Waals surface area contributed by atoms with E-state index in [1.807, 2.05) is 6.92 Å². The van der Waals surface area contributed by atoms with Crippen molar-refractivity contribution in [1.82, 2.24) is 10.0 Å². The van der Waals surface area contributed by atoms with E-state index in [0.717, 1.165) is 5.56 Å². The number of nitrogens with one attached hydrogen (secondary N) is 2. The van der Waals surface area contributed by atoms with E-state index < -0.39 is 32.8 Å². The molecule has 2 aromatic rings. The van der Waals surface area contributed by atoms with Crippen LogP contribution in [0, 0.1) is 17.0 Å². The molecule has 0 spiro atoms. The maximum Gasteiger partial charge on any atom is 0.336 e. The SMILES string of the molecule is CCOC(=O)C1=C(C)NC(CSCCNS(=O)(=O)c2ccc(C)cc2)=C(C(=O)OCC)C1c1cccc([N+](=O)[O-])c1. The van der Waals surface area contributed by atoms with Gasteiger partial charge in [-0.25, -0.2) is 22.7 Å². The van der Waals surface area contributed by atoms with Crippen molar-refractivity contribution in [3.05, 3.63) is 92.3 Å². The second-order valence-electron chi connectivity index (χ2n) is 9.05. The molecule has 0 saturated heterocycles. The highest BCUT2D eigenvalue weighted by Crippen LogP contribution is 2.40. The van der Waals surface area contributed by atoms with E-state index in [0.29, 0.717) is 22.7 Å². The smallest absolute Gasteiger partial charge is 0.336 e. The fourth-order valence-electron chi connectivity index (χ4n) is 4.31. The highest BCUT2D eigenvalue weighted by atomic mass is 32.2. The van der Waals surface area contributed by atoms with Crippen molar-refractivity contribution in [2.24, 2.45) is 0 Å². The average Bonchev–Trinajstić information content (AvgIpc) is 2.92. The van der Waals surface area contributed by atoms with E-state index >= 15 is 0 Å². The van der Waals surface area contributed by atoms with Crippen LogP contribution in [0.1, 0.15) is 37.8 Å². The second-order valence-corrected chi connectivity index (χ2v) is 11.9. The van der Waals surface area contributed by atoms with Gasteiger partial charge in [-0.15, -0.1) is 0 Å². The van der Waals surface area contributed by atoms with Crippen molar-refractivity contribution in [3.8, 4) is 0 Å². The van der Waals surface area contributed by atoms with Crippen molar-refractivity contribution >= 4 is 39.4 Å². The van der Waals surface area contributed by atoms with Gasteiger partial charge in [-0.1, -0.05) is 29.8 Å². The molecule has 2 aromatic carbocycles. The van der Waals surface area contributed by atoms with Crippen LogP contribution < -0.4 is 10.0 Å². The molecule has 1 atom stereocenters. The van der Waals surface area contributed by atoms with Crippen LogP contribution in [0.4, 0.5) is 5.69 Å². The van der Waals surface area contributed by atoms with Crippen LogP contribution in [0.15, 0.2) is 76.0 Å². The first-order chi connectivity index (χ1) is 19.5. The van der Waals surface area contributed by atoms with Crippen molar-refractivity contribution in [3.63, 3.8) is 0 Å². The summed E-state index contributed by atoms with van der Waals surface area (Å²) in [5, 5.41) is 14.6. The minimum Gasteiger partial charge on any atom is -0.463 e. The van der Waals surface area contributed by atoms with E-state index in [1.54, 1.807) is 39.0 Å². The lowest BCUT2D eigenvalue weighted by Crippen LogP contribution is -2.34. The molecule has 1 heterocycles. The van der Waals surface area contributed by atoms with E-state index in [4.69, 9.17) is 9.47 Å². The summed E-state index contributed by atoms with van der Waals surface area (Å²) in [6, 6.07) is 12.3. The molecule has 1 aliphatic heterocycles. The Balaban J connectivity index is 1.91. The van der Waals surface area contributed by atoms with Gasteiger partial charge in [-0.2, -0.15) is 11.8 Å². The van der Waals surface area contributed by atoms with Crippen LogP contribution in [0.2, 0.25) is 0 Å². The number of sulfonamides is 1. The molecule has 1 aliphatic rings. The fraction of sp³-hybridized carbons (Fsp3) is 0.357. The van der Waals surface area contributed by atoms with Gasteiger partial charge < -0.3 is 14.8 Å². The van der Waals surface area contributed by atoms with Crippen LogP contribution in [0.25, 0.3) is 0 Å². The summed E-state index contributed by atoms with van der Waals surface area (Å²) in [5.41, 5.74) is 2.29. The molecular formula is C28H33N3O8S2. The lowest BCUT2D eigenvalue weighted by molar-refractivity contribution is -0.384. The quantitative estimate of drug-likeness (QED) is 0.149. The normalized spacial score (nSPS) is 15.4. The van der Waals surface area contributed by atoms with E-state index in [9.17, 15) is 28.1 Å². The number of thioether (sulfide) groups is 1. The van der Waals surface area contributed by atoms with Gasteiger partial charge in [0.1, 0.15) is 0 Å². The number of rotatable bonds is 13. The number of esters is 2. The van der Waals surface area contributed by atoms with E-state index in [2.05, 4.69) is 10.0 Å². The summed E-state index contributed by atoms with van der Waals surface area (Å²) in [4.78, 5) is 37.5. The zero-order valence-corrected chi connectivity index (χ0v) is 24.9. The number of carbonyl (C=O) groups is 2. The molecule has 3 rings (SSSR count). The maximum atomic E-state index is 13.3. The summed E-state index contributed by atoms with van der Waals surface area (Å²) in [6.45, 7) is 7.15. The Morgan fingerprint density at radius 2 is 1.66 bits per heavy atom. The maximum absolute atomic E-state index is 13.3. The largest absolute Gasteiger partial charge is 0.463 e. The summed E-state index contributed by atoms with van der Waals surface area (Å²) < 4.78 is 38.4. The number of ether oxygens (including phenoxy) is 2.